The normalized spacial score (nSPS) is 14.4. The summed E-state index contributed by atoms with van der Waals surface area (Å²) >= 11 is 0. The van der Waals surface area contributed by atoms with Crippen molar-refractivity contribution in [2.24, 2.45) is 5.92 Å². The fourth-order valence-corrected chi connectivity index (χ4v) is 3.06. The second-order valence-electron chi connectivity index (χ2n) is 9.35. The molecule has 7 heteroatoms. The number of ether oxygens (including phenoxy) is 2. The van der Waals surface area contributed by atoms with Gasteiger partial charge in [-0.1, -0.05) is 46.2 Å². The minimum absolute atomic E-state index is 0.195. The molecular weight excluding hydrogens is 396 g/mol. The zero-order valence-corrected chi connectivity index (χ0v) is 20.1. The van der Waals surface area contributed by atoms with Crippen LogP contribution in [0.1, 0.15) is 85.0 Å². The maximum absolute atomic E-state index is 12.9. The van der Waals surface area contributed by atoms with Crippen molar-refractivity contribution in [2.45, 2.75) is 91.9 Å². The van der Waals surface area contributed by atoms with Gasteiger partial charge >= 0.3 is 12.1 Å². The highest BCUT2D eigenvalue weighted by Gasteiger charge is 2.30. The van der Waals surface area contributed by atoms with Gasteiger partial charge in [-0.25, -0.2) is 9.59 Å². The van der Waals surface area contributed by atoms with Gasteiger partial charge < -0.3 is 20.1 Å². The summed E-state index contributed by atoms with van der Waals surface area (Å²) in [5.74, 6) is -1.12. The Kier molecular flexibility index (Phi) is 9.53. The van der Waals surface area contributed by atoms with Gasteiger partial charge in [0.15, 0.2) is 0 Å². The van der Waals surface area contributed by atoms with E-state index in [1.54, 1.807) is 45.0 Å². The van der Waals surface area contributed by atoms with Crippen molar-refractivity contribution in [1.82, 2.24) is 5.32 Å². The van der Waals surface area contributed by atoms with Crippen molar-refractivity contribution >= 4 is 23.7 Å². The van der Waals surface area contributed by atoms with E-state index >= 15 is 0 Å². The van der Waals surface area contributed by atoms with Gasteiger partial charge in [0.05, 0.1) is 11.3 Å². The number of para-hydroxylation sites is 1. The molecule has 0 unspecified atom stereocenters. The Labute approximate surface area is 186 Å². The Hall–Kier alpha value is -2.57. The highest BCUT2D eigenvalue weighted by Crippen LogP contribution is 2.26. The molecular formula is C24H38N2O5. The van der Waals surface area contributed by atoms with Crippen molar-refractivity contribution in [3.05, 3.63) is 29.8 Å². The summed E-state index contributed by atoms with van der Waals surface area (Å²) in [6.07, 6.45) is 1.66. The van der Waals surface area contributed by atoms with Gasteiger partial charge in [0.2, 0.25) is 5.91 Å². The molecule has 0 fully saturated rings. The van der Waals surface area contributed by atoms with Crippen LogP contribution in [-0.4, -0.2) is 35.2 Å². The minimum Gasteiger partial charge on any atom is -0.456 e. The molecule has 174 valence electrons. The largest absolute Gasteiger partial charge is 0.456 e. The molecule has 0 heterocycles. The Bertz CT molecular complexity index is 769. The molecule has 0 bridgehead atoms. The van der Waals surface area contributed by atoms with Crippen LogP contribution in [0, 0.1) is 5.92 Å². The summed E-state index contributed by atoms with van der Waals surface area (Å²) in [4.78, 5) is 38.0. The molecule has 31 heavy (non-hydrogen) atoms. The first-order valence-corrected chi connectivity index (χ1v) is 10.9. The number of hydrogen-bond donors (Lipinski definition) is 2. The zero-order valence-electron chi connectivity index (χ0n) is 20.1. The number of nitrogens with one attached hydrogen (secondary N) is 2. The highest BCUT2D eigenvalue weighted by atomic mass is 16.6. The number of carbonyl (C=O) groups excluding carboxylic acids is 3. The molecule has 1 aromatic rings. The SMILES string of the molecule is CCC[C@@](C)(CC)OC(=O)c1ccccc1NC(=O)[C@@H](NC(=O)OC(C)(C)C)C(C)C. The standard InChI is InChI=1S/C24H38N2O5/c1-9-15-24(8,10-2)30-21(28)17-13-11-12-14-18(17)25-20(27)19(16(3)4)26-22(29)31-23(5,6)7/h11-14,16,19H,9-10,15H2,1-8H3,(H,25,27)(H,26,29)/t19-,24+/m0/s1. The molecule has 1 rings (SSSR count). The van der Waals surface area contributed by atoms with Gasteiger partial charge in [-0.3, -0.25) is 4.79 Å². The third-order valence-electron chi connectivity index (χ3n) is 4.89. The van der Waals surface area contributed by atoms with Crippen LogP contribution < -0.4 is 10.6 Å². The van der Waals surface area contributed by atoms with Crippen LogP contribution in [0.2, 0.25) is 0 Å². The van der Waals surface area contributed by atoms with E-state index in [2.05, 4.69) is 10.6 Å². The van der Waals surface area contributed by atoms with Gasteiger partial charge in [-0.15, -0.1) is 0 Å². The van der Waals surface area contributed by atoms with Crippen LogP contribution in [0.4, 0.5) is 10.5 Å². The Balaban J connectivity index is 3.02. The number of hydrogen-bond acceptors (Lipinski definition) is 5. The van der Waals surface area contributed by atoms with Crippen LogP contribution in [0.5, 0.6) is 0 Å². The summed E-state index contributed by atoms with van der Waals surface area (Å²) in [6.45, 7) is 14.8. The van der Waals surface area contributed by atoms with Crippen LogP contribution in [0.3, 0.4) is 0 Å². The van der Waals surface area contributed by atoms with E-state index in [-0.39, 0.29) is 11.5 Å². The fraction of sp³-hybridized carbons (Fsp3) is 0.625. The molecule has 0 saturated heterocycles. The molecule has 7 nitrogen and oxygen atoms in total. The first-order chi connectivity index (χ1) is 14.3. The minimum atomic E-state index is -0.833. The summed E-state index contributed by atoms with van der Waals surface area (Å²) in [5, 5.41) is 5.38. The Morgan fingerprint density at radius 1 is 1.00 bits per heavy atom. The van der Waals surface area contributed by atoms with Crippen LogP contribution >= 0.6 is 0 Å². The van der Waals surface area contributed by atoms with E-state index in [9.17, 15) is 14.4 Å². The maximum atomic E-state index is 12.9. The molecule has 0 radical (unpaired) electrons. The molecule has 2 N–H and O–H groups in total. The van der Waals surface area contributed by atoms with Crippen LogP contribution in [0.25, 0.3) is 0 Å². The molecule has 0 saturated carbocycles. The molecule has 1 aromatic carbocycles. The topological polar surface area (TPSA) is 93.7 Å². The van der Waals surface area contributed by atoms with Gasteiger partial charge in [-0.2, -0.15) is 0 Å². The lowest BCUT2D eigenvalue weighted by Gasteiger charge is -2.28. The summed E-state index contributed by atoms with van der Waals surface area (Å²) in [5.41, 5.74) is -0.639. The van der Waals surface area contributed by atoms with Crippen molar-refractivity contribution in [2.75, 3.05) is 5.32 Å². The number of rotatable bonds is 9. The van der Waals surface area contributed by atoms with Crippen LogP contribution in [0.15, 0.2) is 24.3 Å². The number of esters is 1. The molecule has 0 aliphatic heterocycles. The number of alkyl carbamates (subject to hydrolysis) is 1. The predicted molar refractivity (Wildman–Crippen MR) is 122 cm³/mol. The Morgan fingerprint density at radius 2 is 1.61 bits per heavy atom. The maximum Gasteiger partial charge on any atom is 0.408 e. The monoisotopic (exact) mass is 434 g/mol. The van der Waals surface area contributed by atoms with E-state index < -0.39 is 35.2 Å². The molecule has 0 aliphatic rings. The lowest BCUT2D eigenvalue weighted by molar-refractivity contribution is -0.119. The number of carbonyl (C=O) groups is 3. The highest BCUT2D eigenvalue weighted by molar-refractivity contribution is 6.03. The average molecular weight is 435 g/mol. The van der Waals surface area contributed by atoms with Crippen molar-refractivity contribution in [3.63, 3.8) is 0 Å². The smallest absolute Gasteiger partial charge is 0.408 e. The van der Waals surface area contributed by atoms with Crippen molar-refractivity contribution in [1.29, 1.82) is 0 Å². The quantitative estimate of drug-likeness (QED) is 0.514. The number of amides is 2. The molecule has 2 amide bonds. The second kappa shape index (κ2) is 11.2. The van der Waals surface area contributed by atoms with Gasteiger partial charge in [0, 0.05) is 0 Å². The lowest BCUT2D eigenvalue weighted by atomic mass is 9.97. The summed E-state index contributed by atoms with van der Waals surface area (Å²) in [6, 6.07) is 5.87. The van der Waals surface area contributed by atoms with Crippen molar-refractivity contribution in [3.8, 4) is 0 Å². The lowest BCUT2D eigenvalue weighted by Crippen LogP contribution is -2.48. The van der Waals surface area contributed by atoms with Gasteiger partial charge in [0.25, 0.3) is 0 Å². The number of benzene rings is 1. The zero-order chi connectivity index (χ0) is 23.8. The molecule has 2 atom stereocenters. The van der Waals surface area contributed by atoms with E-state index in [1.807, 2.05) is 34.6 Å². The third-order valence-corrected chi connectivity index (χ3v) is 4.89. The molecule has 0 aliphatic carbocycles. The Morgan fingerprint density at radius 3 is 2.13 bits per heavy atom. The van der Waals surface area contributed by atoms with E-state index in [0.717, 1.165) is 12.8 Å². The first-order valence-electron chi connectivity index (χ1n) is 10.9. The third kappa shape index (κ3) is 8.59. The van der Waals surface area contributed by atoms with E-state index in [4.69, 9.17) is 9.47 Å². The van der Waals surface area contributed by atoms with Crippen molar-refractivity contribution < 1.29 is 23.9 Å². The van der Waals surface area contributed by atoms with Gasteiger partial charge in [0.1, 0.15) is 17.2 Å². The summed E-state index contributed by atoms with van der Waals surface area (Å²) < 4.78 is 11.0. The average Bonchev–Trinajstić information content (AvgIpc) is 2.64. The molecule has 0 spiro atoms. The van der Waals surface area contributed by atoms with Crippen LogP contribution in [-0.2, 0) is 14.3 Å². The molecule has 0 aromatic heterocycles. The summed E-state index contributed by atoms with van der Waals surface area (Å²) in [7, 11) is 0. The predicted octanol–water partition coefficient (Wildman–Crippen LogP) is 5.30. The van der Waals surface area contributed by atoms with Gasteiger partial charge in [-0.05, 0) is 58.6 Å². The first kappa shape index (κ1) is 26.5. The van der Waals surface area contributed by atoms with E-state index in [0.29, 0.717) is 12.1 Å². The fourth-order valence-electron chi connectivity index (χ4n) is 3.06. The number of anilines is 1. The van der Waals surface area contributed by atoms with E-state index in [1.165, 1.54) is 0 Å². The second-order valence-corrected chi connectivity index (χ2v) is 9.35.